The van der Waals surface area contributed by atoms with Crippen molar-refractivity contribution in [2.45, 2.75) is 180 Å². The zero-order valence-corrected chi connectivity index (χ0v) is 29.8. The van der Waals surface area contributed by atoms with E-state index in [-0.39, 0.29) is 12.8 Å². The van der Waals surface area contributed by atoms with Crippen LogP contribution in [0.4, 0.5) is 0 Å². The van der Waals surface area contributed by atoms with E-state index in [1.54, 1.807) is 6.92 Å². The molecular weight excluding hydrogens is 613 g/mol. The molecule has 0 aliphatic heterocycles. The summed E-state index contributed by atoms with van der Waals surface area (Å²) < 4.78 is 26.0. The van der Waals surface area contributed by atoms with Crippen molar-refractivity contribution in [2.75, 3.05) is 19.8 Å². The van der Waals surface area contributed by atoms with E-state index >= 15 is 0 Å². The number of unbranched alkanes of at least 4 members (excludes halogenated alkanes) is 21. The van der Waals surface area contributed by atoms with E-state index in [9.17, 15) is 34.1 Å². The van der Waals surface area contributed by atoms with E-state index in [1.807, 2.05) is 0 Å². The highest BCUT2D eigenvalue weighted by Crippen LogP contribution is 2.43. The molecular formula is C34H66NO10P. The average Bonchev–Trinajstić information content (AvgIpc) is 3.03. The third kappa shape index (κ3) is 29.9. The number of carbonyl (C=O) groups is 3. The van der Waals surface area contributed by atoms with E-state index in [0.29, 0.717) is 6.42 Å². The van der Waals surface area contributed by atoms with Gasteiger partial charge in [0.25, 0.3) is 0 Å². The SMILES string of the molecule is CCCCCCCCCCCCCCCCCCCCCCCCC(=O)NC(COP(=O)(O)OCC(O)COC(=O)CC)C(=O)O. The number of nitrogens with one attached hydrogen (secondary N) is 1. The van der Waals surface area contributed by atoms with Gasteiger partial charge in [0, 0.05) is 12.8 Å². The Hall–Kier alpha value is -1.52. The van der Waals surface area contributed by atoms with Crippen LogP contribution in [-0.2, 0) is 32.7 Å². The highest BCUT2D eigenvalue weighted by molar-refractivity contribution is 7.47. The Kier molecular flexibility index (Phi) is 29.8. The molecule has 46 heavy (non-hydrogen) atoms. The average molecular weight is 680 g/mol. The van der Waals surface area contributed by atoms with Crippen molar-refractivity contribution in [1.29, 1.82) is 0 Å². The summed E-state index contributed by atoms with van der Waals surface area (Å²) in [6, 6.07) is -1.54. The predicted molar refractivity (Wildman–Crippen MR) is 180 cm³/mol. The lowest BCUT2D eigenvalue weighted by molar-refractivity contribution is -0.146. The maximum absolute atomic E-state index is 12.2. The zero-order chi connectivity index (χ0) is 34.3. The molecule has 0 heterocycles. The molecule has 0 saturated carbocycles. The van der Waals surface area contributed by atoms with Crippen LogP contribution in [-0.4, -0.2) is 64.9 Å². The summed E-state index contributed by atoms with van der Waals surface area (Å²) in [4.78, 5) is 44.5. The lowest BCUT2D eigenvalue weighted by atomic mass is 10.0. The van der Waals surface area contributed by atoms with Gasteiger partial charge >= 0.3 is 19.8 Å². The maximum atomic E-state index is 12.2. The fraction of sp³-hybridized carbons (Fsp3) is 0.912. The molecule has 0 aromatic carbocycles. The first-order valence-corrected chi connectivity index (χ1v) is 19.6. The van der Waals surface area contributed by atoms with Gasteiger partial charge in [-0.25, -0.2) is 9.36 Å². The Bertz CT molecular complexity index is 813. The van der Waals surface area contributed by atoms with Gasteiger partial charge in [-0.3, -0.25) is 18.6 Å². The molecule has 0 rings (SSSR count). The van der Waals surface area contributed by atoms with Crippen molar-refractivity contribution in [2.24, 2.45) is 0 Å². The monoisotopic (exact) mass is 679 g/mol. The Balaban J connectivity index is 3.70. The summed E-state index contributed by atoms with van der Waals surface area (Å²) in [5.74, 6) is -2.46. The molecule has 0 saturated heterocycles. The normalized spacial score (nSPS) is 14.0. The molecule has 0 aromatic rings. The standard InChI is InChI=1S/C34H66NO10P/c1-3-5-6-7-8-9-10-11-12-13-14-15-16-17-18-19-20-21-22-23-24-25-26-32(37)35-31(34(39)40)29-45-46(41,42)44-28-30(36)27-43-33(38)4-2/h30-31,36H,3-29H2,1-2H3,(H,35,37)(H,39,40)(H,41,42). The van der Waals surface area contributed by atoms with Gasteiger partial charge in [0.15, 0.2) is 6.04 Å². The first-order chi connectivity index (χ1) is 22.1. The smallest absolute Gasteiger partial charge is 0.472 e. The number of carboxylic acid groups (broad SMARTS) is 1. The van der Waals surface area contributed by atoms with Crippen LogP contribution >= 0.6 is 7.82 Å². The summed E-state index contributed by atoms with van der Waals surface area (Å²) in [6.07, 6.45) is 27.0. The number of amides is 1. The van der Waals surface area contributed by atoms with Gasteiger partial charge in [-0.15, -0.1) is 0 Å². The Morgan fingerprint density at radius 2 is 1.02 bits per heavy atom. The molecule has 0 spiro atoms. The quantitative estimate of drug-likeness (QED) is 0.0297. The van der Waals surface area contributed by atoms with Gasteiger partial charge in [-0.1, -0.05) is 149 Å². The van der Waals surface area contributed by atoms with Gasteiger partial charge in [0.05, 0.1) is 13.2 Å². The summed E-state index contributed by atoms with van der Waals surface area (Å²) in [6.45, 7) is 1.94. The van der Waals surface area contributed by atoms with Crippen molar-refractivity contribution >= 4 is 25.7 Å². The topological polar surface area (TPSA) is 169 Å². The van der Waals surface area contributed by atoms with Gasteiger partial charge in [-0.2, -0.15) is 0 Å². The Labute approximate surface area is 278 Å². The van der Waals surface area contributed by atoms with Gasteiger partial charge in [0.1, 0.15) is 12.7 Å². The van der Waals surface area contributed by atoms with Crippen LogP contribution in [0.5, 0.6) is 0 Å². The number of phosphoric ester groups is 1. The van der Waals surface area contributed by atoms with E-state index in [4.69, 9.17) is 4.74 Å². The summed E-state index contributed by atoms with van der Waals surface area (Å²) >= 11 is 0. The number of phosphoric acid groups is 1. The maximum Gasteiger partial charge on any atom is 0.472 e. The minimum atomic E-state index is -4.71. The highest BCUT2D eigenvalue weighted by atomic mass is 31.2. The number of ether oxygens (including phenoxy) is 1. The van der Waals surface area contributed by atoms with Crippen molar-refractivity contribution < 1.29 is 47.8 Å². The molecule has 12 heteroatoms. The van der Waals surface area contributed by atoms with Crippen LogP contribution < -0.4 is 5.32 Å². The fourth-order valence-electron chi connectivity index (χ4n) is 5.06. The lowest BCUT2D eigenvalue weighted by Gasteiger charge is -2.18. The third-order valence-electron chi connectivity index (χ3n) is 7.95. The molecule has 1 amide bonds. The highest BCUT2D eigenvalue weighted by Gasteiger charge is 2.28. The molecule has 0 aliphatic carbocycles. The van der Waals surface area contributed by atoms with Crippen molar-refractivity contribution in [1.82, 2.24) is 5.32 Å². The van der Waals surface area contributed by atoms with Crippen LogP contribution in [0.15, 0.2) is 0 Å². The first kappa shape index (κ1) is 44.5. The van der Waals surface area contributed by atoms with E-state index in [1.165, 1.54) is 116 Å². The molecule has 11 nitrogen and oxygen atoms in total. The fourth-order valence-corrected chi connectivity index (χ4v) is 5.83. The summed E-state index contributed by atoms with van der Waals surface area (Å²) in [7, 11) is -4.71. The number of esters is 1. The summed E-state index contributed by atoms with van der Waals surface area (Å²) in [5, 5.41) is 21.3. The Morgan fingerprint density at radius 3 is 1.41 bits per heavy atom. The second-order valence-electron chi connectivity index (χ2n) is 12.4. The minimum absolute atomic E-state index is 0.108. The van der Waals surface area contributed by atoms with Crippen LogP contribution in [0.3, 0.4) is 0 Å². The van der Waals surface area contributed by atoms with Crippen LogP contribution in [0.1, 0.15) is 168 Å². The van der Waals surface area contributed by atoms with E-state index in [0.717, 1.165) is 19.3 Å². The number of carboxylic acids is 1. The number of hydrogen-bond acceptors (Lipinski definition) is 8. The lowest BCUT2D eigenvalue weighted by Crippen LogP contribution is -2.43. The number of aliphatic hydroxyl groups excluding tert-OH is 1. The molecule has 0 fully saturated rings. The molecule has 3 atom stereocenters. The Morgan fingerprint density at radius 1 is 0.630 bits per heavy atom. The van der Waals surface area contributed by atoms with Crippen molar-refractivity contribution in [3.63, 3.8) is 0 Å². The number of hydrogen-bond donors (Lipinski definition) is 4. The number of carbonyl (C=O) groups excluding carboxylic acids is 2. The molecule has 3 unspecified atom stereocenters. The van der Waals surface area contributed by atoms with Crippen molar-refractivity contribution in [3.8, 4) is 0 Å². The van der Waals surface area contributed by atoms with Gasteiger partial charge in [0.2, 0.25) is 5.91 Å². The van der Waals surface area contributed by atoms with E-state index in [2.05, 4.69) is 21.3 Å². The third-order valence-corrected chi connectivity index (χ3v) is 8.90. The van der Waals surface area contributed by atoms with Gasteiger partial charge in [-0.05, 0) is 6.42 Å². The first-order valence-electron chi connectivity index (χ1n) is 18.1. The number of aliphatic hydroxyl groups is 1. The second-order valence-corrected chi connectivity index (χ2v) is 13.8. The van der Waals surface area contributed by atoms with Gasteiger partial charge < -0.3 is 25.2 Å². The molecule has 0 radical (unpaired) electrons. The van der Waals surface area contributed by atoms with Crippen LogP contribution in [0.2, 0.25) is 0 Å². The minimum Gasteiger partial charge on any atom is -0.480 e. The second kappa shape index (κ2) is 30.8. The predicted octanol–water partition coefficient (Wildman–Crippen LogP) is 8.00. The largest absolute Gasteiger partial charge is 0.480 e. The number of aliphatic carboxylic acids is 1. The molecule has 0 bridgehead atoms. The van der Waals surface area contributed by atoms with E-state index < -0.39 is 57.6 Å². The van der Waals surface area contributed by atoms with Crippen LogP contribution in [0.25, 0.3) is 0 Å². The number of rotatable bonds is 34. The molecule has 4 N–H and O–H groups in total. The van der Waals surface area contributed by atoms with Crippen molar-refractivity contribution in [3.05, 3.63) is 0 Å². The van der Waals surface area contributed by atoms with Crippen LogP contribution in [0, 0.1) is 0 Å². The summed E-state index contributed by atoms with van der Waals surface area (Å²) in [5.41, 5.74) is 0. The molecule has 0 aliphatic rings. The molecule has 272 valence electrons. The molecule has 0 aromatic heterocycles. The zero-order valence-electron chi connectivity index (χ0n) is 28.9.